The van der Waals surface area contributed by atoms with Crippen LogP contribution >= 0.6 is 24.0 Å². The van der Waals surface area contributed by atoms with Gasteiger partial charge in [-0.3, -0.25) is 9.69 Å². The number of carbonyl (C=O) groups excluding carboxylic acids is 1. The summed E-state index contributed by atoms with van der Waals surface area (Å²) >= 11 is 6.55. The first-order valence-corrected chi connectivity index (χ1v) is 7.47. The van der Waals surface area contributed by atoms with Gasteiger partial charge in [0.25, 0.3) is 5.91 Å². The van der Waals surface area contributed by atoms with Gasteiger partial charge in [0.2, 0.25) is 0 Å². The third-order valence-corrected chi connectivity index (χ3v) is 4.31. The first-order valence-electron chi connectivity index (χ1n) is 6.24. The summed E-state index contributed by atoms with van der Waals surface area (Å²) in [5.74, 6) is 0.00716. The molecule has 0 saturated carbocycles. The molecule has 3 nitrogen and oxygen atoms in total. The van der Waals surface area contributed by atoms with Gasteiger partial charge in [-0.2, -0.15) is 0 Å². The standard InChI is InChI=1S/C14H16N2OS2/c1-3-15-10-6-5-7-11(15)8-9-12-13(17)16(4-2)14(18)19-12/h5-10H,3-4H2,1-2H3/b11-8?,12-9-. The van der Waals surface area contributed by atoms with E-state index in [1.165, 1.54) is 11.8 Å². The number of rotatable bonds is 3. The van der Waals surface area contributed by atoms with Gasteiger partial charge in [-0.05, 0) is 38.2 Å². The predicted octanol–water partition coefficient (Wildman–Crippen LogP) is 3.04. The number of thiocarbonyl (C=S) groups is 1. The fraction of sp³-hybridized carbons (Fsp3) is 0.286. The number of likely N-dealkylation sites (N-methyl/N-ethyl adjacent to an activating group) is 2. The average molecular weight is 292 g/mol. The Morgan fingerprint density at radius 1 is 1.26 bits per heavy atom. The summed E-state index contributed by atoms with van der Waals surface area (Å²) in [6.07, 6.45) is 11.9. The van der Waals surface area contributed by atoms with Gasteiger partial charge in [-0.1, -0.05) is 30.1 Å². The Morgan fingerprint density at radius 2 is 2.05 bits per heavy atom. The number of allylic oxidation sites excluding steroid dienone is 5. The average Bonchev–Trinajstić information content (AvgIpc) is 2.71. The van der Waals surface area contributed by atoms with Gasteiger partial charge in [0.1, 0.15) is 4.32 Å². The SMILES string of the molecule is CCN1C=CC=CC1=C/C=C1\SC(=S)N(CC)C1=O. The zero-order valence-corrected chi connectivity index (χ0v) is 12.6. The zero-order chi connectivity index (χ0) is 13.8. The zero-order valence-electron chi connectivity index (χ0n) is 11.0. The van der Waals surface area contributed by atoms with Crippen molar-refractivity contribution in [2.24, 2.45) is 0 Å². The summed E-state index contributed by atoms with van der Waals surface area (Å²) in [6, 6.07) is 0. The molecule has 100 valence electrons. The van der Waals surface area contributed by atoms with Crippen molar-refractivity contribution < 1.29 is 4.79 Å². The third kappa shape index (κ3) is 2.98. The second kappa shape index (κ2) is 6.21. The molecule has 2 heterocycles. The topological polar surface area (TPSA) is 23.6 Å². The Balaban J connectivity index is 2.19. The van der Waals surface area contributed by atoms with Crippen LogP contribution in [0.2, 0.25) is 0 Å². The molecule has 19 heavy (non-hydrogen) atoms. The van der Waals surface area contributed by atoms with Crippen molar-refractivity contribution in [2.45, 2.75) is 13.8 Å². The number of thioether (sulfide) groups is 1. The Morgan fingerprint density at radius 3 is 2.68 bits per heavy atom. The van der Waals surface area contributed by atoms with Gasteiger partial charge in [-0.25, -0.2) is 0 Å². The van der Waals surface area contributed by atoms with Gasteiger partial charge in [0, 0.05) is 25.0 Å². The van der Waals surface area contributed by atoms with Crippen molar-refractivity contribution in [1.29, 1.82) is 0 Å². The van der Waals surface area contributed by atoms with Crippen LogP contribution < -0.4 is 0 Å². The van der Waals surface area contributed by atoms with Crippen LogP contribution in [0.15, 0.2) is 47.2 Å². The second-order valence-corrected chi connectivity index (χ2v) is 5.70. The van der Waals surface area contributed by atoms with Crippen molar-refractivity contribution in [2.75, 3.05) is 13.1 Å². The molecule has 0 bridgehead atoms. The molecule has 0 N–H and O–H groups in total. The Hall–Kier alpha value is -1.33. The summed E-state index contributed by atoms with van der Waals surface area (Å²) in [6.45, 7) is 5.55. The predicted molar refractivity (Wildman–Crippen MR) is 84.4 cm³/mol. The monoisotopic (exact) mass is 292 g/mol. The number of carbonyl (C=O) groups is 1. The maximum absolute atomic E-state index is 12.0. The van der Waals surface area contributed by atoms with Crippen LogP contribution in [0.25, 0.3) is 0 Å². The largest absolute Gasteiger partial charge is 0.348 e. The smallest absolute Gasteiger partial charge is 0.266 e. The molecule has 2 aliphatic heterocycles. The third-order valence-electron chi connectivity index (χ3n) is 2.91. The Bertz CT molecular complexity index is 518. The van der Waals surface area contributed by atoms with E-state index in [4.69, 9.17) is 12.2 Å². The highest BCUT2D eigenvalue weighted by atomic mass is 32.2. The maximum Gasteiger partial charge on any atom is 0.266 e. The first-order chi connectivity index (χ1) is 9.17. The molecule has 0 atom stereocenters. The van der Waals surface area contributed by atoms with Crippen molar-refractivity contribution in [1.82, 2.24) is 9.80 Å². The highest BCUT2D eigenvalue weighted by Crippen LogP contribution is 2.30. The molecule has 0 radical (unpaired) electrons. The molecule has 0 unspecified atom stereocenters. The van der Waals surface area contributed by atoms with E-state index in [-0.39, 0.29) is 5.91 Å². The van der Waals surface area contributed by atoms with E-state index in [1.807, 2.05) is 43.5 Å². The molecule has 0 aromatic rings. The highest BCUT2D eigenvalue weighted by Gasteiger charge is 2.30. The lowest BCUT2D eigenvalue weighted by Gasteiger charge is -2.21. The van der Waals surface area contributed by atoms with E-state index in [0.29, 0.717) is 15.8 Å². The van der Waals surface area contributed by atoms with E-state index < -0.39 is 0 Å². The van der Waals surface area contributed by atoms with Crippen LogP contribution in [0.1, 0.15) is 13.8 Å². The number of hydrogen-bond donors (Lipinski definition) is 0. The van der Waals surface area contributed by atoms with E-state index in [0.717, 1.165) is 12.2 Å². The number of amides is 1. The molecular weight excluding hydrogens is 276 g/mol. The summed E-state index contributed by atoms with van der Waals surface area (Å²) in [5.41, 5.74) is 1.08. The van der Waals surface area contributed by atoms with Crippen LogP contribution in [-0.4, -0.2) is 33.1 Å². The minimum Gasteiger partial charge on any atom is -0.348 e. The molecular formula is C14H16N2OS2. The van der Waals surface area contributed by atoms with Gasteiger partial charge >= 0.3 is 0 Å². The molecule has 1 saturated heterocycles. The quantitative estimate of drug-likeness (QED) is 0.589. The summed E-state index contributed by atoms with van der Waals surface area (Å²) in [4.78, 5) is 16.5. The molecule has 0 aromatic heterocycles. The van der Waals surface area contributed by atoms with Crippen molar-refractivity contribution in [3.05, 3.63) is 47.2 Å². The van der Waals surface area contributed by atoms with Crippen LogP contribution in [0.4, 0.5) is 0 Å². The van der Waals surface area contributed by atoms with Crippen LogP contribution in [-0.2, 0) is 4.79 Å². The normalized spacial score (nSPS) is 23.3. The van der Waals surface area contributed by atoms with E-state index in [1.54, 1.807) is 4.90 Å². The maximum atomic E-state index is 12.0. The van der Waals surface area contributed by atoms with Gasteiger partial charge in [0.05, 0.1) is 4.91 Å². The Labute approximate surface area is 123 Å². The molecule has 2 aliphatic rings. The molecule has 1 fully saturated rings. The second-order valence-electron chi connectivity index (χ2n) is 4.03. The van der Waals surface area contributed by atoms with Gasteiger partial charge in [-0.15, -0.1) is 0 Å². The first kappa shape index (κ1) is 14.1. The van der Waals surface area contributed by atoms with Gasteiger partial charge < -0.3 is 4.90 Å². The van der Waals surface area contributed by atoms with Crippen molar-refractivity contribution in [3.63, 3.8) is 0 Å². The number of nitrogens with zero attached hydrogens (tertiary/aromatic N) is 2. The fourth-order valence-electron chi connectivity index (χ4n) is 1.88. The molecule has 5 heteroatoms. The summed E-state index contributed by atoms with van der Waals surface area (Å²) in [7, 11) is 0. The van der Waals surface area contributed by atoms with Crippen LogP contribution in [0, 0.1) is 0 Å². The van der Waals surface area contributed by atoms with E-state index in [2.05, 4.69) is 11.8 Å². The lowest BCUT2D eigenvalue weighted by molar-refractivity contribution is -0.122. The number of hydrogen-bond acceptors (Lipinski definition) is 4. The highest BCUT2D eigenvalue weighted by molar-refractivity contribution is 8.26. The lowest BCUT2D eigenvalue weighted by Crippen LogP contribution is -2.27. The fourth-order valence-corrected chi connectivity index (χ4v) is 3.20. The van der Waals surface area contributed by atoms with Crippen LogP contribution in [0.3, 0.4) is 0 Å². The minimum atomic E-state index is 0.00716. The minimum absolute atomic E-state index is 0.00716. The molecule has 2 rings (SSSR count). The molecule has 0 spiro atoms. The van der Waals surface area contributed by atoms with E-state index in [9.17, 15) is 4.79 Å². The summed E-state index contributed by atoms with van der Waals surface area (Å²) < 4.78 is 0.642. The summed E-state index contributed by atoms with van der Waals surface area (Å²) in [5, 5.41) is 0. The van der Waals surface area contributed by atoms with E-state index >= 15 is 0 Å². The lowest BCUT2D eigenvalue weighted by atomic mass is 10.2. The molecule has 0 aromatic carbocycles. The van der Waals surface area contributed by atoms with Crippen LogP contribution in [0.5, 0.6) is 0 Å². The van der Waals surface area contributed by atoms with Gasteiger partial charge in [0.15, 0.2) is 0 Å². The molecule has 1 amide bonds. The van der Waals surface area contributed by atoms with Crippen molar-refractivity contribution in [3.8, 4) is 0 Å². The van der Waals surface area contributed by atoms with Crippen molar-refractivity contribution >= 4 is 34.2 Å². The molecule has 0 aliphatic carbocycles. The Kier molecular flexibility index (Phi) is 4.61.